The van der Waals surface area contributed by atoms with E-state index in [2.05, 4.69) is 15.2 Å². The van der Waals surface area contributed by atoms with Crippen molar-refractivity contribution < 1.29 is 4.79 Å². The molecule has 2 aromatic heterocycles. The summed E-state index contributed by atoms with van der Waals surface area (Å²) in [5.41, 5.74) is 2.67. The number of hydrogen-bond acceptors (Lipinski definition) is 5. The Hall–Kier alpha value is -1.89. The van der Waals surface area contributed by atoms with Crippen LogP contribution in [0.4, 0.5) is 0 Å². The van der Waals surface area contributed by atoms with Crippen LogP contribution in [0.15, 0.2) is 53.9 Å². The lowest BCUT2D eigenvalue weighted by atomic mass is 10.1. The number of thioether (sulfide) groups is 1. The van der Waals surface area contributed by atoms with Gasteiger partial charge in [-0.1, -0.05) is 36.0 Å². The molecule has 3 aromatic rings. The van der Waals surface area contributed by atoms with E-state index >= 15 is 0 Å². The molecule has 0 bridgehead atoms. The van der Waals surface area contributed by atoms with Crippen LogP contribution in [-0.4, -0.2) is 35.6 Å². The number of aromatic nitrogens is 4. The van der Waals surface area contributed by atoms with Gasteiger partial charge in [-0.15, -0.1) is 33.4 Å². The summed E-state index contributed by atoms with van der Waals surface area (Å²) in [6, 6.07) is 11.3. The predicted molar refractivity (Wildman–Crippen MR) is 108 cm³/mol. The number of carbonyl (C=O) groups is 1. The molecular weight excluding hydrogens is 403 g/mol. The largest absolute Gasteiger partial charge is 0.305 e. The molecule has 27 heavy (non-hydrogen) atoms. The first-order valence-corrected chi connectivity index (χ1v) is 10.1. The van der Waals surface area contributed by atoms with Gasteiger partial charge in [-0.25, -0.2) is 0 Å². The quantitative estimate of drug-likeness (QED) is 0.334. The summed E-state index contributed by atoms with van der Waals surface area (Å²) in [6.07, 6.45) is 4.18. The van der Waals surface area contributed by atoms with E-state index in [1.54, 1.807) is 12.4 Å². The first-order valence-electron chi connectivity index (χ1n) is 8.39. The van der Waals surface area contributed by atoms with Gasteiger partial charge < -0.3 is 4.57 Å². The molecule has 0 unspecified atom stereocenters. The Labute approximate surface area is 171 Å². The van der Waals surface area contributed by atoms with Crippen LogP contribution in [0.2, 0.25) is 0 Å². The lowest BCUT2D eigenvalue weighted by Crippen LogP contribution is -2.04. The van der Waals surface area contributed by atoms with Gasteiger partial charge in [0.2, 0.25) is 0 Å². The third-order valence-corrected chi connectivity index (χ3v) is 6.42. The average Bonchev–Trinajstić information content (AvgIpc) is 3.16. The van der Waals surface area contributed by atoms with E-state index in [1.165, 1.54) is 11.8 Å². The summed E-state index contributed by atoms with van der Waals surface area (Å²) in [4.78, 5) is 16.5. The first-order chi connectivity index (χ1) is 13.0. The highest BCUT2D eigenvalue weighted by atomic mass is 35.5. The van der Waals surface area contributed by atoms with Crippen LogP contribution in [0.25, 0.3) is 11.4 Å². The second-order valence-electron chi connectivity index (χ2n) is 6.45. The van der Waals surface area contributed by atoms with Crippen molar-refractivity contribution in [3.63, 3.8) is 0 Å². The molecule has 1 aliphatic carbocycles. The number of carbonyl (C=O) groups excluding carboxylic acids is 1. The molecule has 138 valence electrons. The molecular formula is C19H16Cl2N4OS. The zero-order chi connectivity index (χ0) is 19.0. The van der Waals surface area contributed by atoms with E-state index in [1.807, 2.05) is 48.0 Å². The molecule has 5 nitrogen and oxygen atoms in total. The van der Waals surface area contributed by atoms with Gasteiger partial charge in [-0.3, -0.25) is 9.78 Å². The minimum atomic E-state index is -0.654. The monoisotopic (exact) mass is 418 g/mol. The second-order valence-corrected chi connectivity index (χ2v) is 8.94. The number of rotatable bonds is 6. The van der Waals surface area contributed by atoms with Crippen molar-refractivity contribution in [3.05, 3.63) is 59.9 Å². The third-order valence-electron chi connectivity index (χ3n) is 4.57. The van der Waals surface area contributed by atoms with E-state index < -0.39 is 4.33 Å². The highest BCUT2D eigenvalue weighted by molar-refractivity contribution is 7.99. The molecule has 1 aromatic carbocycles. The van der Waals surface area contributed by atoms with Crippen LogP contribution < -0.4 is 0 Å². The Bertz CT molecular complexity index is 973. The van der Waals surface area contributed by atoms with Crippen LogP contribution in [-0.2, 0) is 7.05 Å². The van der Waals surface area contributed by atoms with Gasteiger partial charge in [0.25, 0.3) is 0 Å². The van der Waals surface area contributed by atoms with Crippen molar-refractivity contribution >= 4 is 40.7 Å². The summed E-state index contributed by atoms with van der Waals surface area (Å²) < 4.78 is 1.23. The van der Waals surface area contributed by atoms with Crippen LogP contribution in [0.3, 0.4) is 0 Å². The molecule has 0 amide bonds. The number of ketones is 1. The highest BCUT2D eigenvalue weighted by Crippen LogP contribution is 2.59. The topological polar surface area (TPSA) is 60.7 Å². The SMILES string of the molecule is Cn1c(SCC(=O)c2ccc([C@H]3CC3(Cl)Cl)cc2)nnc1-c1ccncc1. The first kappa shape index (κ1) is 18.5. The molecule has 8 heteroatoms. The number of benzene rings is 1. The zero-order valence-corrected chi connectivity index (χ0v) is 16.8. The fourth-order valence-electron chi connectivity index (χ4n) is 2.88. The zero-order valence-electron chi connectivity index (χ0n) is 14.5. The molecule has 2 heterocycles. The van der Waals surface area contributed by atoms with E-state index in [9.17, 15) is 4.79 Å². The predicted octanol–water partition coefficient (Wildman–Crippen LogP) is 4.51. The summed E-state index contributed by atoms with van der Waals surface area (Å²) in [6.45, 7) is 0. The highest BCUT2D eigenvalue weighted by Gasteiger charge is 2.52. The smallest absolute Gasteiger partial charge is 0.191 e. The van der Waals surface area contributed by atoms with Gasteiger partial charge in [-0.05, 0) is 24.1 Å². The fourth-order valence-corrected chi connectivity index (χ4v) is 4.25. The van der Waals surface area contributed by atoms with Crippen molar-refractivity contribution in [2.45, 2.75) is 21.8 Å². The number of alkyl halides is 2. The second kappa shape index (κ2) is 7.26. The van der Waals surface area contributed by atoms with Crippen LogP contribution in [0.5, 0.6) is 0 Å². The molecule has 0 aliphatic heterocycles. The maximum Gasteiger partial charge on any atom is 0.191 e. The van der Waals surface area contributed by atoms with E-state index in [0.717, 1.165) is 23.4 Å². The number of Topliss-reactive ketones (excluding diaryl/α,β-unsaturated/α-hetero) is 1. The Balaban J connectivity index is 1.40. The van der Waals surface area contributed by atoms with Crippen LogP contribution in [0, 0.1) is 0 Å². The maximum atomic E-state index is 12.5. The van der Waals surface area contributed by atoms with Crippen molar-refractivity contribution in [1.82, 2.24) is 19.7 Å². The molecule has 0 spiro atoms. The molecule has 0 radical (unpaired) electrons. The molecule has 1 saturated carbocycles. The van der Waals surface area contributed by atoms with Gasteiger partial charge in [0.15, 0.2) is 16.8 Å². The molecule has 4 rings (SSSR count). The number of nitrogens with zero attached hydrogens (tertiary/aromatic N) is 4. The van der Waals surface area contributed by atoms with E-state index in [0.29, 0.717) is 16.5 Å². The molecule has 0 saturated heterocycles. The fraction of sp³-hybridized carbons (Fsp3) is 0.263. The van der Waals surface area contributed by atoms with Crippen molar-refractivity contribution in [2.24, 2.45) is 7.05 Å². The normalized spacial score (nSPS) is 17.7. The summed E-state index contributed by atoms with van der Waals surface area (Å²) >= 11 is 13.6. The third kappa shape index (κ3) is 3.88. The Morgan fingerprint density at radius 3 is 2.48 bits per heavy atom. The van der Waals surface area contributed by atoms with Gasteiger partial charge in [0.1, 0.15) is 4.33 Å². The molecule has 1 aliphatic rings. The summed E-state index contributed by atoms with van der Waals surface area (Å²) in [5.74, 6) is 1.23. The van der Waals surface area contributed by atoms with E-state index in [4.69, 9.17) is 23.2 Å². The summed E-state index contributed by atoms with van der Waals surface area (Å²) in [5, 5.41) is 9.10. The van der Waals surface area contributed by atoms with Gasteiger partial charge in [-0.2, -0.15) is 0 Å². The van der Waals surface area contributed by atoms with Gasteiger partial charge in [0, 0.05) is 36.5 Å². The average molecular weight is 419 g/mol. The van der Waals surface area contributed by atoms with Crippen molar-refractivity contribution in [1.29, 1.82) is 0 Å². The number of halogens is 2. The molecule has 0 N–H and O–H groups in total. The minimum Gasteiger partial charge on any atom is -0.305 e. The van der Waals surface area contributed by atoms with Gasteiger partial charge >= 0.3 is 0 Å². The van der Waals surface area contributed by atoms with Crippen molar-refractivity contribution in [2.75, 3.05) is 5.75 Å². The van der Waals surface area contributed by atoms with Crippen LogP contribution >= 0.6 is 35.0 Å². The number of pyridine rings is 1. The minimum absolute atomic E-state index is 0.0406. The Morgan fingerprint density at radius 1 is 1.19 bits per heavy atom. The van der Waals surface area contributed by atoms with Gasteiger partial charge in [0.05, 0.1) is 5.75 Å². The Morgan fingerprint density at radius 2 is 1.85 bits per heavy atom. The number of hydrogen-bond donors (Lipinski definition) is 0. The van der Waals surface area contributed by atoms with Crippen molar-refractivity contribution in [3.8, 4) is 11.4 Å². The maximum absolute atomic E-state index is 12.5. The molecule has 1 atom stereocenters. The Kier molecular flexibility index (Phi) is 4.97. The molecule has 1 fully saturated rings. The van der Waals surface area contributed by atoms with Crippen LogP contribution in [0.1, 0.15) is 28.3 Å². The standard InChI is InChI=1S/C19H16Cl2N4OS/c1-25-17(14-6-8-22-9-7-14)23-24-18(25)27-11-16(26)13-4-2-12(3-5-13)15-10-19(15,20)21/h2-9,15H,10-11H2,1H3/t15-/m1/s1. The lowest BCUT2D eigenvalue weighted by Gasteiger charge is -2.05. The van der Waals surface area contributed by atoms with E-state index in [-0.39, 0.29) is 11.7 Å². The lowest BCUT2D eigenvalue weighted by molar-refractivity contribution is 0.102. The summed E-state index contributed by atoms with van der Waals surface area (Å²) in [7, 11) is 1.89.